The average Bonchev–Trinajstić information content (AvgIpc) is 3.34. The lowest BCUT2D eigenvalue weighted by Crippen LogP contribution is -2.31. The van der Waals surface area contributed by atoms with Crippen LogP contribution >= 0.6 is 15.9 Å². The average molecular weight is 441 g/mol. The first kappa shape index (κ1) is 18.7. The molecule has 144 valence electrons. The molecule has 1 saturated heterocycles. The summed E-state index contributed by atoms with van der Waals surface area (Å²) in [7, 11) is 1.62. The summed E-state index contributed by atoms with van der Waals surface area (Å²) in [6.07, 6.45) is 1.93. The molecule has 2 aromatic carbocycles. The van der Waals surface area contributed by atoms with Crippen LogP contribution in [0.1, 0.15) is 40.6 Å². The summed E-state index contributed by atoms with van der Waals surface area (Å²) >= 11 is 3.52. The summed E-state index contributed by atoms with van der Waals surface area (Å²) in [6.45, 7) is 2.60. The quantitative estimate of drug-likeness (QED) is 0.605. The van der Waals surface area contributed by atoms with Crippen LogP contribution in [0.5, 0.6) is 5.75 Å². The van der Waals surface area contributed by atoms with Gasteiger partial charge in [-0.05, 0) is 49.6 Å². The van der Waals surface area contributed by atoms with E-state index >= 15 is 0 Å². The smallest absolute Gasteiger partial charge is 0.276 e. The second kappa shape index (κ2) is 7.75. The largest absolute Gasteiger partial charge is 0.497 e. The molecule has 4 rings (SSSR count). The Bertz CT molecular complexity index is 1020. The first-order chi connectivity index (χ1) is 13.6. The van der Waals surface area contributed by atoms with Crippen LogP contribution in [-0.2, 0) is 0 Å². The van der Waals surface area contributed by atoms with Crippen molar-refractivity contribution in [3.05, 3.63) is 70.0 Å². The van der Waals surface area contributed by atoms with Gasteiger partial charge in [0.05, 0.1) is 24.5 Å². The zero-order chi connectivity index (χ0) is 19.7. The third kappa shape index (κ3) is 3.42. The van der Waals surface area contributed by atoms with Crippen LogP contribution in [0.25, 0.3) is 5.69 Å². The number of carbonyl (C=O) groups is 1. The van der Waals surface area contributed by atoms with Gasteiger partial charge in [-0.1, -0.05) is 39.3 Å². The van der Waals surface area contributed by atoms with E-state index in [1.165, 1.54) is 0 Å². The summed E-state index contributed by atoms with van der Waals surface area (Å²) in [4.78, 5) is 15.2. The molecule has 0 aliphatic carbocycles. The Morgan fingerprint density at radius 3 is 2.82 bits per heavy atom. The molecular formula is C21H21BrN4O2. The van der Waals surface area contributed by atoms with Crippen molar-refractivity contribution < 1.29 is 9.53 Å². The van der Waals surface area contributed by atoms with Crippen molar-refractivity contribution in [2.24, 2.45) is 0 Å². The molecule has 3 aromatic rings. The minimum atomic E-state index is -0.0749. The maximum absolute atomic E-state index is 13.3. The maximum Gasteiger partial charge on any atom is 0.276 e. The van der Waals surface area contributed by atoms with Gasteiger partial charge in [-0.3, -0.25) is 4.79 Å². The molecule has 7 heteroatoms. The second-order valence-electron chi connectivity index (χ2n) is 6.85. The SMILES string of the molecule is COc1cccc(-n2nnc(C(=O)N3CCCC3c3cccc(Br)c3)c2C)c1. The zero-order valence-corrected chi connectivity index (χ0v) is 17.4. The molecule has 1 unspecified atom stereocenters. The number of methoxy groups -OCH3 is 1. The van der Waals surface area contributed by atoms with E-state index in [0.717, 1.165) is 46.6 Å². The Balaban J connectivity index is 1.64. The summed E-state index contributed by atoms with van der Waals surface area (Å²) in [5, 5.41) is 8.43. The molecule has 28 heavy (non-hydrogen) atoms. The predicted molar refractivity (Wildman–Crippen MR) is 110 cm³/mol. The van der Waals surface area contributed by atoms with Crippen molar-refractivity contribution in [1.29, 1.82) is 0 Å². The van der Waals surface area contributed by atoms with Crippen LogP contribution in [0, 0.1) is 6.92 Å². The number of amides is 1. The molecular weight excluding hydrogens is 420 g/mol. The monoisotopic (exact) mass is 440 g/mol. The lowest BCUT2D eigenvalue weighted by molar-refractivity contribution is 0.0728. The van der Waals surface area contributed by atoms with E-state index in [9.17, 15) is 4.79 Å². The van der Waals surface area contributed by atoms with Crippen LogP contribution in [0.2, 0.25) is 0 Å². The number of aromatic nitrogens is 3. The number of hydrogen-bond acceptors (Lipinski definition) is 4. The highest BCUT2D eigenvalue weighted by Gasteiger charge is 2.33. The molecule has 1 aromatic heterocycles. The maximum atomic E-state index is 13.3. The van der Waals surface area contributed by atoms with Crippen molar-refractivity contribution in [3.63, 3.8) is 0 Å². The second-order valence-corrected chi connectivity index (χ2v) is 7.76. The van der Waals surface area contributed by atoms with Crippen LogP contribution in [-0.4, -0.2) is 39.5 Å². The number of ether oxygens (including phenoxy) is 1. The zero-order valence-electron chi connectivity index (χ0n) is 15.8. The van der Waals surface area contributed by atoms with Gasteiger partial charge in [0.1, 0.15) is 5.75 Å². The fraction of sp³-hybridized carbons (Fsp3) is 0.286. The standard InChI is InChI=1S/C21H21BrN4O2/c1-14-20(23-24-26(14)17-8-4-9-18(13-17)28-2)21(27)25-11-5-10-19(25)15-6-3-7-16(22)12-15/h3-4,6-9,12-13,19H,5,10-11H2,1-2H3. The van der Waals surface area contributed by atoms with E-state index < -0.39 is 0 Å². The topological polar surface area (TPSA) is 60.2 Å². The van der Waals surface area contributed by atoms with E-state index in [4.69, 9.17) is 4.74 Å². The van der Waals surface area contributed by atoms with Crippen LogP contribution in [0.3, 0.4) is 0 Å². The Kier molecular flexibility index (Phi) is 5.17. The fourth-order valence-corrected chi connectivity index (χ4v) is 4.14. The number of likely N-dealkylation sites (tertiary alicyclic amines) is 1. The van der Waals surface area contributed by atoms with E-state index in [1.807, 2.05) is 48.2 Å². The van der Waals surface area contributed by atoms with Crippen molar-refractivity contribution in [1.82, 2.24) is 19.9 Å². The van der Waals surface area contributed by atoms with Gasteiger partial charge in [0, 0.05) is 17.1 Å². The number of halogens is 1. The molecule has 1 aliphatic heterocycles. The molecule has 1 fully saturated rings. The van der Waals surface area contributed by atoms with Gasteiger partial charge in [-0.2, -0.15) is 0 Å². The van der Waals surface area contributed by atoms with Crippen LogP contribution in [0.4, 0.5) is 0 Å². The molecule has 0 bridgehead atoms. The molecule has 6 nitrogen and oxygen atoms in total. The number of benzene rings is 2. The molecule has 1 amide bonds. The summed E-state index contributed by atoms with van der Waals surface area (Å²) in [6, 6.07) is 15.8. The molecule has 0 N–H and O–H groups in total. The number of rotatable bonds is 4. The highest BCUT2D eigenvalue weighted by molar-refractivity contribution is 9.10. The Hall–Kier alpha value is -2.67. The third-order valence-corrected chi connectivity index (χ3v) is 5.64. The van der Waals surface area contributed by atoms with Gasteiger partial charge in [0.2, 0.25) is 0 Å². The van der Waals surface area contributed by atoms with Crippen molar-refractivity contribution in [3.8, 4) is 11.4 Å². The number of carbonyl (C=O) groups excluding carboxylic acids is 1. The molecule has 2 heterocycles. The molecule has 1 atom stereocenters. The Morgan fingerprint density at radius 1 is 1.21 bits per heavy atom. The van der Waals surface area contributed by atoms with Gasteiger partial charge in [0.15, 0.2) is 5.69 Å². The van der Waals surface area contributed by atoms with Gasteiger partial charge < -0.3 is 9.64 Å². The normalized spacial score (nSPS) is 16.4. The number of hydrogen-bond donors (Lipinski definition) is 0. The Labute approximate surface area is 172 Å². The summed E-state index contributed by atoms with van der Waals surface area (Å²) < 4.78 is 7.98. The first-order valence-electron chi connectivity index (χ1n) is 9.21. The van der Waals surface area contributed by atoms with Crippen LogP contribution in [0.15, 0.2) is 53.0 Å². The minimum absolute atomic E-state index is 0.0615. The lowest BCUT2D eigenvalue weighted by Gasteiger charge is -2.24. The molecule has 0 saturated carbocycles. The van der Waals surface area contributed by atoms with Gasteiger partial charge in [-0.15, -0.1) is 5.10 Å². The van der Waals surface area contributed by atoms with E-state index in [-0.39, 0.29) is 11.9 Å². The Morgan fingerprint density at radius 2 is 2.04 bits per heavy atom. The molecule has 1 aliphatic rings. The van der Waals surface area contributed by atoms with Gasteiger partial charge >= 0.3 is 0 Å². The molecule has 0 radical (unpaired) electrons. The van der Waals surface area contributed by atoms with E-state index in [0.29, 0.717) is 5.69 Å². The summed E-state index contributed by atoms with van der Waals surface area (Å²) in [5.41, 5.74) is 3.06. The highest BCUT2D eigenvalue weighted by Crippen LogP contribution is 2.34. The highest BCUT2D eigenvalue weighted by atomic mass is 79.9. The third-order valence-electron chi connectivity index (χ3n) is 5.14. The number of nitrogens with zero attached hydrogens (tertiary/aromatic N) is 4. The van der Waals surface area contributed by atoms with Gasteiger partial charge in [-0.25, -0.2) is 4.68 Å². The van der Waals surface area contributed by atoms with Gasteiger partial charge in [0.25, 0.3) is 5.91 Å². The summed E-state index contributed by atoms with van der Waals surface area (Å²) in [5.74, 6) is 0.656. The van der Waals surface area contributed by atoms with E-state index in [1.54, 1.807) is 11.8 Å². The fourth-order valence-electron chi connectivity index (χ4n) is 3.72. The van der Waals surface area contributed by atoms with Crippen molar-refractivity contribution in [2.75, 3.05) is 13.7 Å². The lowest BCUT2D eigenvalue weighted by atomic mass is 10.0. The minimum Gasteiger partial charge on any atom is -0.497 e. The van der Waals surface area contributed by atoms with E-state index in [2.05, 4.69) is 38.4 Å². The predicted octanol–water partition coefficient (Wildman–Crippen LogP) is 4.32. The molecule has 0 spiro atoms. The van der Waals surface area contributed by atoms with Crippen molar-refractivity contribution >= 4 is 21.8 Å². The van der Waals surface area contributed by atoms with Crippen LogP contribution < -0.4 is 4.74 Å². The first-order valence-corrected chi connectivity index (χ1v) is 10.0. The van der Waals surface area contributed by atoms with Crippen molar-refractivity contribution in [2.45, 2.75) is 25.8 Å².